The molecule has 2 rings (SSSR count). The van der Waals surface area contributed by atoms with E-state index in [2.05, 4.69) is 18.2 Å². The van der Waals surface area contributed by atoms with Gasteiger partial charge in [-0.15, -0.1) is 11.6 Å². The van der Waals surface area contributed by atoms with Crippen LogP contribution in [0, 0.1) is 13.0 Å². The second kappa shape index (κ2) is 5.25. The van der Waals surface area contributed by atoms with E-state index in [0.717, 1.165) is 24.2 Å². The molecule has 73 valence electrons. The zero-order valence-corrected chi connectivity index (χ0v) is 11.3. The van der Waals surface area contributed by atoms with Crippen molar-refractivity contribution in [3.63, 3.8) is 0 Å². The molecule has 0 saturated carbocycles. The fraction of sp³-hybridized carbons (Fsp3) is 0.455. The minimum Gasteiger partial charge on any atom is -0.515 e. The molecule has 2 N–H and O–H groups in total. The van der Waals surface area contributed by atoms with Gasteiger partial charge < -0.3 is 10.5 Å². The summed E-state index contributed by atoms with van der Waals surface area (Å²) in [6.07, 6.45) is 2.28. The van der Waals surface area contributed by atoms with Crippen molar-refractivity contribution in [2.75, 3.05) is 6.54 Å². The molecule has 0 bridgehead atoms. The first-order valence-electron chi connectivity index (χ1n) is 4.68. The molecule has 1 aromatic carbocycles. The van der Waals surface area contributed by atoms with Crippen LogP contribution in [0.3, 0.4) is 0 Å². The van der Waals surface area contributed by atoms with Crippen molar-refractivity contribution in [3.8, 4) is 5.75 Å². The summed E-state index contributed by atoms with van der Waals surface area (Å²) in [6, 6.07) is 7.41. The molecule has 0 spiro atoms. The molecule has 2 nitrogen and oxygen atoms in total. The van der Waals surface area contributed by atoms with Crippen LogP contribution in [-0.2, 0) is 39.1 Å². The molecule has 0 amide bonds. The number of rotatable bonds is 1. The number of hydrogen-bond donors (Lipinski definition) is 1. The van der Waals surface area contributed by atoms with Crippen LogP contribution >= 0.6 is 0 Å². The molecule has 3 heteroatoms. The van der Waals surface area contributed by atoms with Crippen molar-refractivity contribution in [1.82, 2.24) is 0 Å². The minimum atomic E-state index is 0. The molecule has 0 aromatic heterocycles. The van der Waals surface area contributed by atoms with E-state index in [-0.39, 0.29) is 38.8 Å². The topological polar surface area (TPSA) is 35.2 Å². The van der Waals surface area contributed by atoms with Crippen LogP contribution in [0.25, 0.3) is 0 Å². The van der Waals surface area contributed by atoms with Crippen molar-refractivity contribution >= 4 is 0 Å². The Labute approximate surface area is 110 Å². The first-order chi connectivity index (χ1) is 6.29. The van der Waals surface area contributed by atoms with E-state index in [4.69, 9.17) is 10.5 Å². The Morgan fingerprint density at radius 3 is 3.07 bits per heavy atom. The van der Waals surface area contributed by atoms with Crippen molar-refractivity contribution < 1.29 is 37.4 Å². The smallest absolute Gasteiger partial charge is 0.107 e. The summed E-state index contributed by atoms with van der Waals surface area (Å²) in [6.45, 7) is 2.62. The molecule has 1 atom stereocenters. The normalized spacial score (nSPS) is 19.1. The monoisotopic (exact) mass is 265 g/mol. The molecule has 1 radical (unpaired) electrons. The van der Waals surface area contributed by atoms with Gasteiger partial charge in [0.05, 0.1) is 0 Å². The number of fused-ring (bicyclic) bond motifs is 1. The quantitative estimate of drug-likeness (QED) is 0.780. The van der Waals surface area contributed by atoms with Crippen molar-refractivity contribution in [1.29, 1.82) is 0 Å². The van der Waals surface area contributed by atoms with E-state index in [1.54, 1.807) is 0 Å². The fourth-order valence-corrected chi connectivity index (χ4v) is 1.61. The van der Waals surface area contributed by atoms with Crippen molar-refractivity contribution in [3.05, 3.63) is 29.3 Å². The van der Waals surface area contributed by atoms with Gasteiger partial charge in [0.25, 0.3) is 0 Å². The fourth-order valence-electron chi connectivity index (χ4n) is 1.61. The summed E-state index contributed by atoms with van der Waals surface area (Å²) < 4.78 is 5.68. The number of nitrogens with two attached hydrogens (primary N) is 1. The molecule has 1 aromatic rings. The largest absolute Gasteiger partial charge is 0.515 e. The Hall–Kier alpha value is 0.0839. The van der Waals surface area contributed by atoms with Crippen LogP contribution in [0.15, 0.2) is 12.1 Å². The molecule has 0 fully saturated rings. The third kappa shape index (κ3) is 2.56. The van der Waals surface area contributed by atoms with Gasteiger partial charge in [-0.25, -0.2) is 0 Å². The summed E-state index contributed by atoms with van der Waals surface area (Å²) in [7, 11) is 0. The predicted molar refractivity (Wildman–Crippen MR) is 51.8 cm³/mol. The second-order valence-electron chi connectivity index (χ2n) is 3.51. The Morgan fingerprint density at radius 2 is 2.36 bits per heavy atom. The van der Waals surface area contributed by atoms with Crippen LogP contribution in [0.2, 0.25) is 0 Å². The van der Waals surface area contributed by atoms with Gasteiger partial charge in [0.2, 0.25) is 0 Å². The molecule has 14 heavy (non-hydrogen) atoms. The van der Waals surface area contributed by atoms with E-state index in [0.29, 0.717) is 6.54 Å². The first-order valence-corrected chi connectivity index (χ1v) is 4.68. The van der Waals surface area contributed by atoms with Gasteiger partial charge >= 0.3 is 0 Å². The summed E-state index contributed by atoms with van der Waals surface area (Å²) >= 11 is 0. The van der Waals surface area contributed by atoms with E-state index in [1.165, 1.54) is 5.56 Å². The average molecular weight is 265 g/mol. The van der Waals surface area contributed by atoms with E-state index in [1.807, 2.05) is 6.92 Å². The number of benzene rings is 1. The van der Waals surface area contributed by atoms with Crippen LogP contribution in [0.1, 0.15) is 17.5 Å². The molecule has 0 saturated heterocycles. The van der Waals surface area contributed by atoms with Gasteiger partial charge in [-0.1, -0.05) is 13.3 Å². The molecule has 1 heterocycles. The van der Waals surface area contributed by atoms with Crippen molar-refractivity contribution in [2.45, 2.75) is 25.9 Å². The van der Waals surface area contributed by atoms with Gasteiger partial charge in [0.15, 0.2) is 0 Å². The zero-order valence-electron chi connectivity index (χ0n) is 8.42. The molecular formula is C11H14NOY-. The molecular weight excluding hydrogens is 251 g/mol. The van der Waals surface area contributed by atoms with Crippen molar-refractivity contribution in [2.24, 2.45) is 5.73 Å². The minimum absolute atomic E-state index is 0. The van der Waals surface area contributed by atoms with Gasteiger partial charge in [-0.05, 0) is 6.42 Å². The van der Waals surface area contributed by atoms with Gasteiger partial charge in [0, 0.05) is 45.0 Å². The summed E-state index contributed by atoms with van der Waals surface area (Å²) in [5.41, 5.74) is 7.94. The Bertz CT molecular complexity index is 314. The third-order valence-corrected chi connectivity index (χ3v) is 2.42. The molecule has 1 aliphatic heterocycles. The predicted octanol–water partition coefficient (Wildman–Crippen LogP) is 1.45. The second-order valence-corrected chi connectivity index (χ2v) is 3.51. The molecule has 1 aliphatic rings. The number of aryl methyl sites for hydroxylation is 2. The SMILES string of the molecule is Cc1[c-]c2c(cc1)CCC(CN)O2.[Y]. The molecule has 0 aliphatic carbocycles. The molecule has 1 unspecified atom stereocenters. The Kier molecular flexibility index (Phi) is 4.55. The number of hydrogen-bond acceptors (Lipinski definition) is 2. The van der Waals surface area contributed by atoms with Crippen LogP contribution < -0.4 is 10.5 Å². The van der Waals surface area contributed by atoms with E-state index < -0.39 is 0 Å². The summed E-state index contributed by atoms with van der Waals surface area (Å²) in [5.74, 6) is 0.904. The van der Waals surface area contributed by atoms with Crippen LogP contribution in [0.4, 0.5) is 0 Å². The Morgan fingerprint density at radius 1 is 1.57 bits per heavy atom. The van der Waals surface area contributed by atoms with Gasteiger partial charge in [-0.2, -0.15) is 17.7 Å². The maximum atomic E-state index is 5.68. The van der Waals surface area contributed by atoms with Gasteiger partial charge in [-0.3, -0.25) is 0 Å². The number of ether oxygens (including phenoxy) is 1. The average Bonchev–Trinajstić information content (AvgIpc) is 2.16. The summed E-state index contributed by atoms with van der Waals surface area (Å²) in [4.78, 5) is 0. The van der Waals surface area contributed by atoms with E-state index in [9.17, 15) is 0 Å². The van der Waals surface area contributed by atoms with Gasteiger partial charge in [0.1, 0.15) is 6.10 Å². The van der Waals surface area contributed by atoms with Crippen LogP contribution in [-0.4, -0.2) is 12.6 Å². The standard InChI is InChI=1S/C11H14NO.Y/c1-8-2-3-9-4-5-10(7-12)13-11(9)6-8;/h2-3,10H,4-5,7,12H2,1H3;/q-1;. The van der Waals surface area contributed by atoms with E-state index >= 15 is 0 Å². The zero-order chi connectivity index (χ0) is 9.26. The maximum absolute atomic E-state index is 5.68. The van der Waals surface area contributed by atoms with Crippen LogP contribution in [0.5, 0.6) is 5.75 Å². The summed E-state index contributed by atoms with van der Waals surface area (Å²) in [5, 5.41) is 0. The maximum Gasteiger partial charge on any atom is 0.107 e. The Balaban J connectivity index is 0.000000980. The first kappa shape index (κ1) is 12.2. The third-order valence-electron chi connectivity index (χ3n) is 2.42.